The van der Waals surface area contributed by atoms with E-state index in [1.165, 1.54) is 0 Å². The zero-order valence-corrected chi connectivity index (χ0v) is 21.4. The number of aromatic nitrogens is 5. The molecule has 2 aromatic carbocycles. The first-order valence-corrected chi connectivity index (χ1v) is 11.6. The standard InChI is InChI=1S/C26H25BrN6O/c1-16-6-7-18(9-25(34)19-10-20(12-21(27)11-19)26(3,4)15-28)8-24(16)33-14-23(30-31-33)22-13-29-32(5)17(22)2/h6-8,10-14H,9H2,1-5H3. The lowest BCUT2D eigenvalue weighted by atomic mass is 9.85. The minimum atomic E-state index is -0.687. The van der Waals surface area contributed by atoms with Crippen molar-refractivity contribution in [2.45, 2.75) is 39.5 Å². The summed E-state index contributed by atoms with van der Waals surface area (Å²) < 4.78 is 4.32. The summed E-state index contributed by atoms with van der Waals surface area (Å²) in [5, 5.41) is 22.4. The molecular weight excluding hydrogens is 492 g/mol. The van der Waals surface area contributed by atoms with Gasteiger partial charge in [0.25, 0.3) is 0 Å². The van der Waals surface area contributed by atoms with Gasteiger partial charge in [-0.05, 0) is 68.7 Å². The normalized spacial score (nSPS) is 11.4. The molecule has 0 unspecified atom stereocenters. The van der Waals surface area contributed by atoms with Gasteiger partial charge in [0.15, 0.2) is 5.78 Å². The SMILES string of the molecule is Cc1ccc(CC(=O)c2cc(Br)cc(C(C)(C)C#N)c2)cc1-n1cc(-c2cnn(C)c2C)nn1. The van der Waals surface area contributed by atoms with E-state index in [9.17, 15) is 10.1 Å². The Balaban J connectivity index is 1.62. The van der Waals surface area contributed by atoms with Crippen LogP contribution >= 0.6 is 15.9 Å². The summed E-state index contributed by atoms with van der Waals surface area (Å²) in [7, 11) is 1.89. The van der Waals surface area contributed by atoms with Crippen molar-refractivity contribution in [2.75, 3.05) is 0 Å². The highest BCUT2D eigenvalue weighted by Gasteiger charge is 2.22. The molecule has 4 rings (SSSR count). The van der Waals surface area contributed by atoms with Crippen LogP contribution in [0.4, 0.5) is 0 Å². The van der Waals surface area contributed by atoms with Crippen molar-refractivity contribution in [3.8, 4) is 23.0 Å². The molecule has 2 heterocycles. The smallest absolute Gasteiger partial charge is 0.167 e. The predicted octanol–water partition coefficient (Wildman–Crippen LogP) is 5.27. The first-order chi connectivity index (χ1) is 16.1. The average Bonchev–Trinajstić information content (AvgIpc) is 3.41. The number of benzene rings is 2. The topological polar surface area (TPSA) is 89.4 Å². The lowest BCUT2D eigenvalue weighted by molar-refractivity contribution is 0.0993. The zero-order chi connectivity index (χ0) is 24.6. The molecule has 0 saturated carbocycles. The van der Waals surface area contributed by atoms with Crippen LogP contribution in [-0.4, -0.2) is 30.6 Å². The summed E-state index contributed by atoms with van der Waals surface area (Å²) in [6.07, 6.45) is 3.90. The second kappa shape index (κ2) is 8.99. The number of rotatable bonds is 6. The molecule has 0 aliphatic carbocycles. The van der Waals surface area contributed by atoms with E-state index < -0.39 is 5.41 Å². The van der Waals surface area contributed by atoms with E-state index in [4.69, 9.17) is 0 Å². The zero-order valence-electron chi connectivity index (χ0n) is 19.8. The van der Waals surface area contributed by atoms with Crippen LogP contribution in [0.2, 0.25) is 0 Å². The first kappa shape index (κ1) is 23.6. The Morgan fingerprint density at radius 3 is 2.62 bits per heavy atom. The fourth-order valence-corrected chi connectivity index (χ4v) is 4.22. The molecule has 0 N–H and O–H groups in total. The van der Waals surface area contributed by atoms with Crippen LogP contribution in [0, 0.1) is 25.2 Å². The lowest BCUT2D eigenvalue weighted by Gasteiger charge is -2.17. The summed E-state index contributed by atoms with van der Waals surface area (Å²) in [5.74, 6) is -0.0173. The highest BCUT2D eigenvalue weighted by atomic mass is 79.9. The third kappa shape index (κ3) is 4.57. The molecule has 34 heavy (non-hydrogen) atoms. The number of Topliss-reactive ketones (excluding diaryl/α,β-unsaturated/α-hetero) is 1. The maximum absolute atomic E-state index is 13.1. The Morgan fingerprint density at radius 1 is 1.18 bits per heavy atom. The van der Waals surface area contributed by atoms with E-state index in [2.05, 4.69) is 37.4 Å². The molecule has 0 saturated heterocycles. The van der Waals surface area contributed by atoms with Gasteiger partial charge < -0.3 is 0 Å². The highest BCUT2D eigenvalue weighted by Crippen LogP contribution is 2.28. The minimum Gasteiger partial charge on any atom is -0.294 e. The lowest BCUT2D eigenvalue weighted by Crippen LogP contribution is -2.15. The first-order valence-electron chi connectivity index (χ1n) is 10.9. The molecular formula is C26H25BrN6O. The average molecular weight is 517 g/mol. The number of nitrogens with zero attached hydrogens (tertiary/aromatic N) is 6. The van der Waals surface area contributed by atoms with Crippen LogP contribution in [0.25, 0.3) is 16.9 Å². The fourth-order valence-electron chi connectivity index (χ4n) is 3.73. The largest absolute Gasteiger partial charge is 0.294 e. The van der Waals surface area contributed by atoms with Gasteiger partial charge in [-0.2, -0.15) is 10.4 Å². The number of nitriles is 1. The van der Waals surface area contributed by atoms with Crippen molar-refractivity contribution in [3.63, 3.8) is 0 Å². The summed E-state index contributed by atoms with van der Waals surface area (Å²) in [5.41, 5.74) is 6.15. The van der Waals surface area contributed by atoms with Gasteiger partial charge in [0.2, 0.25) is 0 Å². The number of halogens is 1. The maximum atomic E-state index is 13.1. The second-order valence-electron chi connectivity index (χ2n) is 9.00. The Bertz CT molecular complexity index is 1440. The summed E-state index contributed by atoms with van der Waals surface area (Å²) in [4.78, 5) is 13.1. The Hall–Kier alpha value is -3.57. The Morgan fingerprint density at radius 2 is 1.94 bits per heavy atom. The number of ketones is 1. The monoisotopic (exact) mass is 516 g/mol. The fraction of sp³-hybridized carbons (Fsp3) is 0.269. The third-order valence-corrected chi connectivity index (χ3v) is 6.57. The number of hydrogen-bond acceptors (Lipinski definition) is 5. The van der Waals surface area contributed by atoms with Gasteiger partial charge in [-0.25, -0.2) is 4.68 Å². The van der Waals surface area contributed by atoms with Crippen LogP contribution in [0.5, 0.6) is 0 Å². The number of carbonyl (C=O) groups is 1. The van der Waals surface area contributed by atoms with Crippen LogP contribution in [-0.2, 0) is 18.9 Å². The molecule has 0 atom stereocenters. The van der Waals surface area contributed by atoms with Gasteiger partial charge in [0.1, 0.15) is 5.69 Å². The quantitative estimate of drug-likeness (QED) is 0.325. The van der Waals surface area contributed by atoms with Crippen molar-refractivity contribution in [1.29, 1.82) is 5.26 Å². The molecule has 0 fully saturated rings. The van der Waals surface area contributed by atoms with Gasteiger partial charge in [0, 0.05) is 34.8 Å². The van der Waals surface area contributed by atoms with E-state index >= 15 is 0 Å². The highest BCUT2D eigenvalue weighted by molar-refractivity contribution is 9.10. The molecule has 2 aromatic heterocycles. The summed E-state index contributed by atoms with van der Waals surface area (Å²) in [6.45, 7) is 7.68. The van der Waals surface area contributed by atoms with Crippen LogP contribution in [0.3, 0.4) is 0 Å². The second-order valence-corrected chi connectivity index (χ2v) is 9.92. The molecule has 7 nitrogen and oxygen atoms in total. The van der Waals surface area contributed by atoms with Gasteiger partial charge >= 0.3 is 0 Å². The summed E-state index contributed by atoms with van der Waals surface area (Å²) >= 11 is 3.48. The molecule has 0 aliphatic rings. The Kier molecular flexibility index (Phi) is 6.24. The van der Waals surface area contributed by atoms with Crippen LogP contribution in [0.1, 0.15) is 46.6 Å². The number of carbonyl (C=O) groups excluding carboxylic acids is 1. The van der Waals surface area contributed by atoms with Gasteiger partial charge in [-0.3, -0.25) is 9.48 Å². The molecule has 8 heteroatoms. The Labute approximate surface area is 207 Å². The number of aryl methyl sites for hydroxylation is 2. The summed E-state index contributed by atoms with van der Waals surface area (Å²) in [6, 6.07) is 13.7. The predicted molar refractivity (Wildman–Crippen MR) is 134 cm³/mol. The van der Waals surface area contributed by atoms with Crippen LogP contribution < -0.4 is 0 Å². The van der Waals surface area contributed by atoms with E-state index in [-0.39, 0.29) is 12.2 Å². The molecule has 0 aliphatic heterocycles. The van der Waals surface area contributed by atoms with Crippen molar-refractivity contribution < 1.29 is 4.79 Å². The maximum Gasteiger partial charge on any atom is 0.167 e. The van der Waals surface area contributed by atoms with Crippen molar-refractivity contribution >= 4 is 21.7 Å². The van der Waals surface area contributed by atoms with Crippen molar-refractivity contribution in [2.24, 2.45) is 7.05 Å². The van der Waals surface area contributed by atoms with E-state index in [0.29, 0.717) is 5.56 Å². The molecule has 0 radical (unpaired) electrons. The van der Waals surface area contributed by atoms with E-state index in [1.54, 1.807) is 21.6 Å². The molecule has 4 aromatic rings. The van der Waals surface area contributed by atoms with Crippen molar-refractivity contribution in [1.82, 2.24) is 24.8 Å². The molecule has 0 bridgehead atoms. The van der Waals surface area contributed by atoms with Crippen LogP contribution in [0.15, 0.2) is 53.3 Å². The van der Waals surface area contributed by atoms with E-state index in [0.717, 1.165) is 43.8 Å². The van der Waals surface area contributed by atoms with Gasteiger partial charge in [-0.1, -0.05) is 33.3 Å². The van der Waals surface area contributed by atoms with E-state index in [1.807, 2.05) is 71.3 Å². The van der Waals surface area contributed by atoms with Gasteiger partial charge in [-0.15, -0.1) is 5.10 Å². The molecule has 172 valence electrons. The number of hydrogen-bond donors (Lipinski definition) is 0. The third-order valence-electron chi connectivity index (χ3n) is 6.11. The van der Waals surface area contributed by atoms with Crippen molar-refractivity contribution in [3.05, 3.63) is 81.2 Å². The minimum absolute atomic E-state index is 0.0173. The van der Waals surface area contributed by atoms with Gasteiger partial charge in [0.05, 0.1) is 29.6 Å². The molecule has 0 amide bonds. The molecule has 0 spiro atoms.